The molecule has 0 saturated heterocycles. The van der Waals surface area contributed by atoms with Gasteiger partial charge in [0.2, 0.25) is 11.8 Å². The molecule has 0 atom stereocenters. The summed E-state index contributed by atoms with van der Waals surface area (Å²) in [6.07, 6.45) is 1.91. The van der Waals surface area contributed by atoms with Gasteiger partial charge in [0.15, 0.2) is 5.96 Å². The lowest BCUT2D eigenvalue weighted by molar-refractivity contribution is -0.130. The van der Waals surface area contributed by atoms with E-state index in [-0.39, 0.29) is 24.2 Å². The summed E-state index contributed by atoms with van der Waals surface area (Å²) in [5.41, 5.74) is 5.05. The summed E-state index contributed by atoms with van der Waals surface area (Å²) in [6.45, 7) is 2.34. The van der Waals surface area contributed by atoms with Gasteiger partial charge in [-0.15, -0.1) is 0 Å². The fourth-order valence-corrected chi connectivity index (χ4v) is 0.980. The molecule has 86 valence electrons. The predicted molar refractivity (Wildman–Crippen MR) is 57.2 cm³/mol. The van der Waals surface area contributed by atoms with Crippen LogP contribution in [0.4, 0.5) is 0 Å². The van der Waals surface area contributed by atoms with Crippen LogP contribution in [0.2, 0.25) is 0 Å². The van der Waals surface area contributed by atoms with Crippen molar-refractivity contribution in [2.75, 3.05) is 6.54 Å². The lowest BCUT2D eigenvalue weighted by atomic mass is 10.2. The molecule has 0 bridgehead atoms. The normalized spacial score (nSPS) is 9.40. The van der Waals surface area contributed by atoms with Gasteiger partial charge >= 0.3 is 0 Å². The van der Waals surface area contributed by atoms with Gasteiger partial charge in [-0.25, -0.2) is 0 Å². The van der Waals surface area contributed by atoms with Crippen LogP contribution in [0.25, 0.3) is 0 Å². The molecule has 0 aliphatic rings. The van der Waals surface area contributed by atoms with E-state index in [0.29, 0.717) is 19.4 Å². The minimum atomic E-state index is -0.279. The molecule has 0 radical (unpaired) electrons. The lowest BCUT2D eigenvalue weighted by Crippen LogP contribution is -2.33. The van der Waals surface area contributed by atoms with Gasteiger partial charge in [-0.1, -0.05) is 6.92 Å². The van der Waals surface area contributed by atoms with E-state index in [2.05, 4.69) is 10.6 Å². The Labute approximate surface area is 89.1 Å². The van der Waals surface area contributed by atoms with Gasteiger partial charge < -0.3 is 11.1 Å². The first-order valence-electron chi connectivity index (χ1n) is 4.96. The molecule has 0 aromatic carbocycles. The number of imide groups is 1. The number of nitrogens with two attached hydrogens (primary N) is 1. The molecule has 0 heterocycles. The number of hydrogen-bond donors (Lipinski definition) is 4. The highest BCUT2D eigenvalue weighted by Gasteiger charge is 2.05. The summed E-state index contributed by atoms with van der Waals surface area (Å²) in [7, 11) is 0. The molecule has 0 spiro atoms. The van der Waals surface area contributed by atoms with Gasteiger partial charge in [-0.3, -0.25) is 20.3 Å². The maximum Gasteiger partial charge on any atom is 0.226 e. The minimum Gasteiger partial charge on any atom is -0.370 e. The highest BCUT2D eigenvalue weighted by atomic mass is 16.2. The van der Waals surface area contributed by atoms with E-state index in [0.717, 1.165) is 6.42 Å². The number of amides is 2. The van der Waals surface area contributed by atoms with E-state index in [4.69, 9.17) is 11.1 Å². The summed E-state index contributed by atoms with van der Waals surface area (Å²) in [4.78, 5) is 22.1. The summed E-state index contributed by atoms with van der Waals surface area (Å²) in [5, 5.41) is 11.7. The quantitative estimate of drug-likeness (QED) is 0.276. The Hall–Kier alpha value is -1.59. The van der Waals surface area contributed by atoms with Crippen LogP contribution in [0.5, 0.6) is 0 Å². The fourth-order valence-electron chi connectivity index (χ4n) is 0.980. The molecule has 15 heavy (non-hydrogen) atoms. The van der Waals surface area contributed by atoms with Crippen molar-refractivity contribution in [1.82, 2.24) is 10.6 Å². The van der Waals surface area contributed by atoms with E-state index in [1.54, 1.807) is 0 Å². The molecular weight excluding hydrogens is 196 g/mol. The highest BCUT2D eigenvalue weighted by Crippen LogP contribution is 1.90. The van der Waals surface area contributed by atoms with Gasteiger partial charge in [0, 0.05) is 19.4 Å². The van der Waals surface area contributed by atoms with E-state index in [9.17, 15) is 9.59 Å². The zero-order chi connectivity index (χ0) is 11.7. The molecule has 0 aliphatic heterocycles. The van der Waals surface area contributed by atoms with Gasteiger partial charge in [0.25, 0.3) is 0 Å². The van der Waals surface area contributed by atoms with Crippen LogP contribution in [0, 0.1) is 5.41 Å². The van der Waals surface area contributed by atoms with Crippen molar-refractivity contribution in [3.05, 3.63) is 0 Å². The lowest BCUT2D eigenvalue weighted by Gasteiger charge is -2.04. The first kappa shape index (κ1) is 13.4. The molecule has 2 amide bonds. The van der Waals surface area contributed by atoms with E-state index in [1.807, 2.05) is 6.92 Å². The van der Waals surface area contributed by atoms with Gasteiger partial charge in [-0.2, -0.15) is 0 Å². The molecule has 0 unspecified atom stereocenters. The van der Waals surface area contributed by atoms with Crippen LogP contribution in [-0.4, -0.2) is 24.3 Å². The van der Waals surface area contributed by atoms with Gasteiger partial charge in [-0.05, 0) is 12.8 Å². The Balaban J connectivity index is 3.49. The number of nitrogens with one attached hydrogen (secondary N) is 3. The molecule has 6 heteroatoms. The molecule has 5 N–H and O–H groups in total. The second-order valence-corrected chi connectivity index (χ2v) is 3.17. The SMILES string of the molecule is CCCC(=O)NC(=O)CCCNC(=N)N. The summed E-state index contributed by atoms with van der Waals surface area (Å²) >= 11 is 0. The zero-order valence-electron chi connectivity index (χ0n) is 8.93. The highest BCUT2D eigenvalue weighted by molar-refractivity contribution is 5.95. The van der Waals surface area contributed by atoms with Crippen molar-refractivity contribution in [3.8, 4) is 0 Å². The first-order valence-corrected chi connectivity index (χ1v) is 4.96. The second kappa shape index (κ2) is 7.78. The first-order chi connectivity index (χ1) is 7.06. The van der Waals surface area contributed by atoms with Crippen LogP contribution in [0.15, 0.2) is 0 Å². The molecule has 0 aliphatic carbocycles. The molecule has 0 aromatic rings. The standard InChI is InChI=1S/C9H18N4O2/c1-2-4-7(14)13-8(15)5-3-6-12-9(10)11/h2-6H2,1H3,(H4,10,11,12)(H,13,14,15). The third-order valence-corrected chi connectivity index (χ3v) is 1.65. The Morgan fingerprint density at radius 2 is 1.87 bits per heavy atom. The number of guanidine groups is 1. The van der Waals surface area contributed by atoms with Gasteiger partial charge in [0.05, 0.1) is 0 Å². The van der Waals surface area contributed by atoms with Gasteiger partial charge in [0.1, 0.15) is 0 Å². The average Bonchev–Trinajstić information content (AvgIpc) is 2.12. The number of carbonyl (C=O) groups excluding carboxylic acids is 2. The van der Waals surface area contributed by atoms with Crippen LogP contribution in [0.3, 0.4) is 0 Å². The Kier molecular flexibility index (Phi) is 6.96. The largest absolute Gasteiger partial charge is 0.370 e. The smallest absolute Gasteiger partial charge is 0.226 e. The summed E-state index contributed by atoms with van der Waals surface area (Å²) in [6, 6.07) is 0. The number of hydrogen-bond acceptors (Lipinski definition) is 3. The van der Waals surface area contributed by atoms with Crippen molar-refractivity contribution < 1.29 is 9.59 Å². The Morgan fingerprint density at radius 3 is 2.40 bits per heavy atom. The Bertz CT molecular complexity index is 240. The summed E-state index contributed by atoms with van der Waals surface area (Å²) in [5.74, 6) is -0.627. The third-order valence-electron chi connectivity index (χ3n) is 1.65. The maximum atomic E-state index is 11.1. The predicted octanol–water partition coefficient (Wildman–Crippen LogP) is -0.307. The maximum absolute atomic E-state index is 11.1. The van der Waals surface area contributed by atoms with E-state index < -0.39 is 0 Å². The number of rotatable bonds is 6. The van der Waals surface area contributed by atoms with Crippen LogP contribution >= 0.6 is 0 Å². The van der Waals surface area contributed by atoms with Crippen molar-refractivity contribution in [2.24, 2.45) is 5.73 Å². The minimum absolute atomic E-state index is 0.113. The molecule has 0 fully saturated rings. The van der Waals surface area contributed by atoms with Crippen molar-refractivity contribution in [3.63, 3.8) is 0 Å². The number of carbonyl (C=O) groups is 2. The fraction of sp³-hybridized carbons (Fsp3) is 0.667. The molecule has 6 nitrogen and oxygen atoms in total. The Morgan fingerprint density at radius 1 is 1.27 bits per heavy atom. The van der Waals surface area contributed by atoms with Crippen molar-refractivity contribution in [1.29, 1.82) is 5.41 Å². The second-order valence-electron chi connectivity index (χ2n) is 3.17. The van der Waals surface area contributed by atoms with Crippen LogP contribution < -0.4 is 16.4 Å². The van der Waals surface area contributed by atoms with Crippen LogP contribution in [-0.2, 0) is 9.59 Å². The molecule has 0 aromatic heterocycles. The summed E-state index contributed by atoms with van der Waals surface area (Å²) < 4.78 is 0. The topological polar surface area (TPSA) is 108 Å². The van der Waals surface area contributed by atoms with E-state index >= 15 is 0 Å². The molecule has 0 rings (SSSR count). The third kappa shape index (κ3) is 8.73. The monoisotopic (exact) mass is 214 g/mol. The zero-order valence-corrected chi connectivity index (χ0v) is 8.93. The van der Waals surface area contributed by atoms with Crippen molar-refractivity contribution in [2.45, 2.75) is 32.6 Å². The molecule has 0 saturated carbocycles. The van der Waals surface area contributed by atoms with E-state index in [1.165, 1.54) is 0 Å². The van der Waals surface area contributed by atoms with Crippen LogP contribution in [0.1, 0.15) is 32.6 Å². The average molecular weight is 214 g/mol. The van der Waals surface area contributed by atoms with Crippen molar-refractivity contribution >= 4 is 17.8 Å². The molecular formula is C9H18N4O2.